The minimum absolute atomic E-state index is 0.319. The molecule has 0 spiro atoms. The molecule has 0 heterocycles. The maximum absolute atomic E-state index is 5.35. The Balaban J connectivity index is 2.14. The van der Waals surface area contributed by atoms with E-state index in [0.29, 0.717) is 6.04 Å². The molecule has 112 valence electrons. The van der Waals surface area contributed by atoms with Crippen molar-refractivity contribution >= 4 is 15.9 Å². The van der Waals surface area contributed by atoms with Gasteiger partial charge in [0.25, 0.3) is 0 Å². The van der Waals surface area contributed by atoms with Crippen molar-refractivity contribution in [2.24, 2.45) is 0 Å². The second-order valence-corrected chi connectivity index (χ2v) is 5.88. The van der Waals surface area contributed by atoms with Crippen molar-refractivity contribution in [1.29, 1.82) is 0 Å². The normalized spacial score (nSPS) is 12.1. The van der Waals surface area contributed by atoms with Crippen molar-refractivity contribution in [2.75, 3.05) is 13.7 Å². The Morgan fingerprint density at radius 1 is 1.14 bits per heavy atom. The molecule has 2 aromatic rings. The van der Waals surface area contributed by atoms with Crippen LogP contribution in [0.3, 0.4) is 0 Å². The Morgan fingerprint density at radius 2 is 1.90 bits per heavy atom. The lowest BCUT2D eigenvalue weighted by molar-refractivity contribution is 0.412. The summed E-state index contributed by atoms with van der Waals surface area (Å²) in [7, 11) is 1.71. The summed E-state index contributed by atoms with van der Waals surface area (Å²) in [4.78, 5) is 0. The molecule has 1 atom stereocenters. The van der Waals surface area contributed by atoms with Gasteiger partial charge in [-0.05, 0) is 48.7 Å². The number of halogens is 1. The number of ether oxygens (including phenoxy) is 1. The molecule has 0 amide bonds. The lowest BCUT2D eigenvalue weighted by atomic mass is 9.98. The molecular formula is C18H22BrNO. The number of methoxy groups -OCH3 is 1. The van der Waals surface area contributed by atoms with Crippen molar-refractivity contribution in [3.05, 3.63) is 64.1 Å². The Morgan fingerprint density at radius 3 is 2.57 bits per heavy atom. The number of hydrogen-bond donors (Lipinski definition) is 1. The minimum atomic E-state index is 0.319. The standard InChI is InChI=1S/C18H22BrNO/c1-3-20-18(12-9-14-7-5-4-6-8-14)16-13-15(21-2)10-11-17(16)19/h4-8,10-11,13,18,20H,3,9,12H2,1-2H3. The zero-order valence-corrected chi connectivity index (χ0v) is 14.2. The van der Waals surface area contributed by atoms with E-state index in [1.54, 1.807) is 7.11 Å². The fourth-order valence-electron chi connectivity index (χ4n) is 2.49. The SMILES string of the molecule is CCNC(CCc1ccccc1)c1cc(OC)ccc1Br. The predicted octanol–water partition coefficient (Wildman–Crippen LogP) is 4.74. The molecule has 1 N–H and O–H groups in total. The number of benzene rings is 2. The third kappa shape index (κ3) is 4.58. The van der Waals surface area contributed by atoms with Crippen molar-refractivity contribution in [3.8, 4) is 5.75 Å². The summed E-state index contributed by atoms with van der Waals surface area (Å²) in [6.45, 7) is 3.09. The van der Waals surface area contributed by atoms with E-state index in [-0.39, 0.29) is 0 Å². The number of nitrogens with one attached hydrogen (secondary N) is 1. The molecule has 0 aliphatic rings. The molecule has 0 saturated carbocycles. The Kier molecular flexibility index (Phi) is 6.27. The summed E-state index contributed by atoms with van der Waals surface area (Å²) in [5, 5.41) is 3.58. The van der Waals surface area contributed by atoms with E-state index >= 15 is 0 Å². The lowest BCUT2D eigenvalue weighted by Gasteiger charge is -2.20. The highest BCUT2D eigenvalue weighted by atomic mass is 79.9. The highest BCUT2D eigenvalue weighted by Crippen LogP contribution is 2.30. The van der Waals surface area contributed by atoms with E-state index in [4.69, 9.17) is 4.74 Å². The van der Waals surface area contributed by atoms with E-state index in [9.17, 15) is 0 Å². The lowest BCUT2D eigenvalue weighted by Crippen LogP contribution is -2.22. The largest absolute Gasteiger partial charge is 0.497 e. The second kappa shape index (κ2) is 8.20. The van der Waals surface area contributed by atoms with Crippen LogP contribution >= 0.6 is 15.9 Å². The van der Waals surface area contributed by atoms with Crippen LogP contribution in [-0.2, 0) is 6.42 Å². The molecule has 0 fully saturated rings. The monoisotopic (exact) mass is 347 g/mol. The van der Waals surface area contributed by atoms with Gasteiger partial charge in [-0.3, -0.25) is 0 Å². The summed E-state index contributed by atoms with van der Waals surface area (Å²) in [5.41, 5.74) is 2.63. The first kappa shape index (κ1) is 16.1. The molecule has 0 saturated heterocycles. The van der Waals surface area contributed by atoms with Gasteiger partial charge in [0.15, 0.2) is 0 Å². The van der Waals surface area contributed by atoms with Crippen LogP contribution in [0.1, 0.15) is 30.5 Å². The van der Waals surface area contributed by atoms with Crippen LogP contribution in [0.4, 0.5) is 0 Å². The van der Waals surface area contributed by atoms with Gasteiger partial charge >= 0.3 is 0 Å². The van der Waals surface area contributed by atoms with Gasteiger partial charge < -0.3 is 10.1 Å². The number of hydrogen-bond acceptors (Lipinski definition) is 2. The van der Waals surface area contributed by atoms with E-state index in [2.05, 4.69) is 70.6 Å². The first-order chi connectivity index (χ1) is 10.2. The summed E-state index contributed by atoms with van der Waals surface area (Å²) in [5.74, 6) is 0.899. The molecule has 0 aromatic heterocycles. The van der Waals surface area contributed by atoms with Gasteiger partial charge in [0.05, 0.1) is 7.11 Å². The first-order valence-corrected chi connectivity index (χ1v) is 8.14. The Hall–Kier alpha value is -1.32. The van der Waals surface area contributed by atoms with Crippen LogP contribution in [0, 0.1) is 0 Å². The molecule has 1 unspecified atom stereocenters. The van der Waals surface area contributed by atoms with Gasteiger partial charge in [-0.2, -0.15) is 0 Å². The maximum atomic E-state index is 5.35. The molecule has 0 radical (unpaired) electrons. The van der Waals surface area contributed by atoms with Crippen LogP contribution < -0.4 is 10.1 Å². The molecule has 2 rings (SSSR count). The van der Waals surface area contributed by atoms with Crippen LogP contribution in [0.2, 0.25) is 0 Å². The maximum Gasteiger partial charge on any atom is 0.119 e. The van der Waals surface area contributed by atoms with Gasteiger partial charge in [0.2, 0.25) is 0 Å². The van der Waals surface area contributed by atoms with E-state index in [1.807, 2.05) is 6.07 Å². The summed E-state index contributed by atoms with van der Waals surface area (Å²) in [6, 6.07) is 17.1. The fourth-order valence-corrected chi connectivity index (χ4v) is 3.01. The highest BCUT2D eigenvalue weighted by Gasteiger charge is 2.14. The smallest absolute Gasteiger partial charge is 0.119 e. The van der Waals surface area contributed by atoms with Crippen molar-refractivity contribution < 1.29 is 4.74 Å². The third-order valence-corrected chi connectivity index (χ3v) is 4.32. The minimum Gasteiger partial charge on any atom is -0.497 e. The van der Waals surface area contributed by atoms with Gasteiger partial charge in [-0.25, -0.2) is 0 Å². The van der Waals surface area contributed by atoms with Gasteiger partial charge in [0, 0.05) is 10.5 Å². The molecule has 0 bridgehead atoms. The molecule has 21 heavy (non-hydrogen) atoms. The van der Waals surface area contributed by atoms with Crippen LogP contribution in [0.25, 0.3) is 0 Å². The molecule has 2 nitrogen and oxygen atoms in total. The Bertz CT molecular complexity index is 556. The first-order valence-electron chi connectivity index (χ1n) is 7.35. The van der Waals surface area contributed by atoms with E-state index in [0.717, 1.165) is 29.6 Å². The molecular weight excluding hydrogens is 326 g/mol. The highest BCUT2D eigenvalue weighted by molar-refractivity contribution is 9.10. The average molecular weight is 348 g/mol. The number of rotatable bonds is 7. The molecule has 3 heteroatoms. The van der Waals surface area contributed by atoms with Gasteiger partial charge in [0.1, 0.15) is 5.75 Å². The predicted molar refractivity (Wildman–Crippen MR) is 91.9 cm³/mol. The van der Waals surface area contributed by atoms with Gasteiger partial charge in [-0.15, -0.1) is 0 Å². The van der Waals surface area contributed by atoms with E-state index < -0.39 is 0 Å². The third-order valence-electron chi connectivity index (χ3n) is 3.59. The van der Waals surface area contributed by atoms with Crippen LogP contribution in [-0.4, -0.2) is 13.7 Å². The van der Waals surface area contributed by atoms with Crippen LogP contribution in [0.5, 0.6) is 5.75 Å². The zero-order valence-electron chi connectivity index (χ0n) is 12.6. The number of aryl methyl sites for hydroxylation is 1. The van der Waals surface area contributed by atoms with Gasteiger partial charge in [-0.1, -0.05) is 53.2 Å². The topological polar surface area (TPSA) is 21.3 Å². The fraction of sp³-hybridized carbons (Fsp3) is 0.333. The van der Waals surface area contributed by atoms with Crippen molar-refractivity contribution in [1.82, 2.24) is 5.32 Å². The average Bonchev–Trinajstić information content (AvgIpc) is 2.53. The quantitative estimate of drug-likeness (QED) is 0.780. The van der Waals surface area contributed by atoms with Crippen LogP contribution in [0.15, 0.2) is 53.0 Å². The van der Waals surface area contributed by atoms with Crippen molar-refractivity contribution in [3.63, 3.8) is 0 Å². The molecule has 2 aromatic carbocycles. The molecule has 0 aliphatic carbocycles. The molecule has 0 aliphatic heterocycles. The second-order valence-electron chi connectivity index (χ2n) is 5.02. The zero-order chi connectivity index (χ0) is 15.1. The Labute approximate surface area is 135 Å². The van der Waals surface area contributed by atoms with Crippen molar-refractivity contribution in [2.45, 2.75) is 25.8 Å². The summed E-state index contributed by atoms with van der Waals surface area (Å²) in [6.07, 6.45) is 2.12. The van der Waals surface area contributed by atoms with E-state index in [1.165, 1.54) is 11.1 Å². The summed E-state index contributed by atoms with van der Waals surface area (Å²) < 4.78 is 6.48. The summed E-state index contributed by atoms with van der Waals surface area (Å²) >= 11 is 3.66.